The predicted molar refractivity (Wildman–Crippen MR) is 164 cm³/mol. The Kier molecular flexibility index (Phi) is 10.7. The van der Waals surface area contributed by atoms with Crippen molar-refractivity contribution < 1.29 is 37.3 Å². The summed E-state index contributed by atoms with van der Waals surface area (Å²) in [7, 11) is 0. The van der Waals surface area contributed by atoms with Crippen LogP contribution in [-0.2, 0) is 16.1 Å². The Labute approximate surface area is 263 Å². The minimum Gasteiger partial charge on any atom is -0.487 e. The van der Waals surface area contributed by atoms with Crippen molar-refractivity contribution in [2.45, 2.75) is 45.4 Å². The first-order valence-corrected chi connectivity index (χ1v) is 14.5. The van der Waals surface area contributed by atoms with Crippen LogP contribution in [-0.4, -0.2) is 58.6 Å². The number of benzene rings is 2. The molecular weight excluding hydrogens is 613 g/mol. The number of pyridine rings is 1. The van der Waals surface area contributed by atoms with Crippen molar-refractivity contribution in [3.05, 3.63) is 88.1 Å². The van der Waals surface area contributed by atoms with Gasteiger partial charge in [0.25, 0.3) is 0 Å². The van der Waals surface area contributed by atoms with Crippen molar-refractivity contribution >= 4 is 35.2 Å². The van der Waals surface area contributed by atoms with Gasteiger partial charge in [-0.15, -0.1) is 0 Å². The maximum atomic E-state index is 13.7. The van der Waals surface area contributed by atoms with Gasteiger partial charge in [-0.05, 0) is 73.6 Å². The number of hydrogen-bond donors (Lipinski definition) is 2. The number of likely N-dealkylation sites (tertiary alicyclic amines) is 1. The van der Waals surface area contributed by atoms with E-state index >= 15 is 0 Å². The lowest BCUT2D eigenvalue weighted by molar-refractivity contribution is -0.132. The summed E-state index contributed by atoms with van der Waals surface area (Å²) in [4.78, 5) is 32.8. The first kappa shape index (κ1) is 33.3. The Balaban J connectivity index is 1.54. The number of aromatic nitrogens is 1. The summed E-state index contributed by atoms with van der Waals surface area (Å²) in [5.41, 5.74) is 6.05. The van der Waals surface area contributed by atoms with E-state index in [9.17, 15) is 27.9 Å². The molecule has 0 radical (unpaired) electrons. The van der Waals surface area contributed by atoms with Gasteiger partial charge in [-0.25, -0.2) is 19.6 Å². The number of para-hydroxylation sites is 1. The summed E-state index contributed by atoms with van der Waals surface area (Å²) in [5, 5.41) is 9.45. The van der Waals surface area contributed by atoms with E-state index < -0.39 is 23.4 Å². The molecule has 2 heterocycles. The number of piperidine rings is 1. The Morgan fingerprint density at radius 1 is 1.16 bits per heavy atom. The zero-order valence-electron chi connectivity index (χ0n) is 24.6. The Hall–Kier alpha value is -4.58. The molecule has 45 heavy (non-hydrogen) atoms. The van der Waals surface area contributed by atoms with Crippen molar-refractivity contribution in [1.82, 2.24) is 9.88 Å². The molecule has 1 aliphatic rings. The normalized spacial score (nSPS) is 14.8. The fourth-order valence-electron chi connectivity index (χ4n) is 5.16. The fraction of sp³-hybridized carbons (Fsp3) is 0.312. The number of aliphatic carboxylic acids is 1. The number of nitrogens with two attached hydrogens (primary N) is 1. The van der Waals surface area contributed by atoms with Crippen LogP contribution >= 0.6 is 11.6 Å². The summed E-state index contributed by atoms with van der Waals surface area (Å²) >= 11 is 6.48. The lowest BCUT2D eigenvalue weighted by Gasteiger charge is -2.32. The van der Waals surface area contributed by atoms with Gasteiger partial charge in [-0.2, -0.15) is 13.2 Å². The van der Waals surface area contributed by atoms with Gasteiger partial charge in [-0.1, -0.05) is 41.9 Å². The van der Waals surface area contributed by atoms with Gasteiger partial charge in [0.15, 0.2) is 11.5 Å². The number of alkyl halides is 3. The molecule has 1 aliphatic heterocycles. The summed E-state index contributed by atoms with van der Waals surface area (Å²) in [6.45, 7) is 5.57. The Morgan fingerprint density at radius 2 is 1.87 bits per heavy atom. The van der Waals surface area contributed by atoms with Crippen LogP contribution in [0.2, 0.25) is 5.02 Å². The summed E-state index contributed by atoms with van der Waals surface area (Å²) < 4.78 is 52.2. The highest BCUT2D eigenvalue weighted by atomic mass is 35.5. The number of aliphatic imine (C=N–C) groups is 1. The third-order valence-corrected chi connectivity index (χ3v) is 7.60. The van der Waals surface area contributed by atoms with Crippen LogP contribution in [0.25, 0.3) is 11.3 Å². The third kappa shape index (κ3) is 8.13. The van der Waals surface area contributed by atoms with Gasteiger partial charge >= 0.3 is 18.2 Å². The zero-order chi connectivity index (χ0) is 32.7. The summed E-state index contributed by atoms with van der Waals surface area (Å²) in [6, 6.07) is 15.2. The smallest absolute Gasteiger partial charge is 0.434 e. The van der Waals surface area contributed by atoms with E-state index in [1.165, 1.54) is 17.7 Å². The number of carboxylic acids is 1. The first-order chi connectivity index (χ1) is 21.4. The molecule has 238 valence electrons. The molecule has 1 saturated heterocycles. The van der Waals surface area contributed by atoms with Gasteiger partial charge < -0.3 is 25.2 Å². The van der Waals surface area contributed by atoms with Crippen LogP contribution in [0.3, 0.4) is 0 Å². The monoisotopic (exact) mass is 644 g/mol. The molecule has 0 unspecified atom stereocenters. The molecule has 0 bridgehead atoms. The number of nitrogens with zero attached hydrogens (tertiary/aromatic N) is 3. The second kappa shape index (κ2) is 14.5. The first-order valence-electron chi connectivity index (χ1n) is 14.1. The molecule has 4 rings (SSSR count). The van der Waals surface area contributed by atoms with Crippen molar-refractivity contribution in [2.75, 3.05) is 19.7 Å². The quantitative estimate of drug-likeness (QED) is 0.186. The van der Waals surface area contributed by atoms with Crippen LogP contribution < -0.4 is 10.5 Å². The van der Waals surface area contributed by atoms with Gasteiger partial charge in [-0.3, -0.25) is 0 Å². The Morgan fingerprint density at radius 3 is 2.49 bits per heavy atom. The van der Waals surface area contributed by atoms with Crippen molar-refractivity contribution in [2.24, 2.45) is 10.7 Å². The average Bonchev–Trinajstić information content (AvgIpc) is 3.00. The number of carboxylic acid groups (broad SMARTS) is 1. The maximum absolute atomic E-state index is 13.7. The molecule has 1 aromatic heterocycles. The SMILES string of the molecule is CCOC(=O)N1CCC(c2ccc(COc3c(Cl)cccc3-c3cccc(N=C(C(=CN)C(=O)O)C(F)(F)F)n3)cc2C)CC1. The number of ether oxygens (including phenoxy) is 2. The largest absolute Gasteiger partial charge is 0.487 e. The van der Waals surface area contributed by atoms with Crippen LogP contribution in [0.1, 0.15) is 42.4 Å². The molecule has 0 aliphatic carbocycles. The number of amides is 1. The van der Waals surface area contributed by atoms with Gasteiger partial charge in [0.1, 0.15) is 17.9 Å². The van der Waals surface area contributed by atoms with E-state index in [2.05, 4.69) is 16.0 Å². The summed E-state index contributed by atoms with van der Waals surface area (Å²) in [6.07, 6.45) is -3.38. The lowest BCUT2D eigenvalue weighted by Crippen LogP contribution is -2.38. The number of hydrogen-bond acceptors (Lipinski definition) is 7. The molecule has 2 aromatic carbocycles. The van der Waals surface area contributed by atoms with Crippen molar-refractivity contribution in [3.63, 3.8) is 0 Å². The molecule has 3 aromatic rings. The summed E-state index contributed by atoms with van der Waals surface area (Å²) in [5.74, 6) is -1.68. The topological polar surface area (TPSA) is 127 Å². The lowest BCUT2D eigenvalue weighted by atomic mass is 9.86. The molecule has 0 saturated carbocycles. The van der Waals surface area contributed by atoms with Gasteiger partial charge in [0.2, 0.25) is 0 Å². The van der Waals surface area contributed by atoms with Gasteiger partial charge in [0, 0.05) is 24.9 Å². The van der Waals surface area contributed by atoms with Crippen LogP contribution in [0.5, 0.6) is 5.75 Å². The van der Waals surface area contributed by atoms with E-state index in [-0.39, 0.29) is 35.0 Å². The molecule has 1 amide bonds. The number of carbonyl (C=O) groups is 2. The number of rotatable bonds is 9. The van der Waals surface area contributed by atoms with E-state index in [0.717, 1.165) is 24.0 Å². The molecule has 1 fully saturated rings. The molecular formula is C32H32ClF3N4O5. The predicted octanol–water partition coefficient (Wildman–Crippen LogP) is 7.19. The number of carbonyl (C=O) groups excluding carboxylic acids is 1. The standard InChI is InChI=1S/C32H32ClF3N4O5/c1-3-44-31(43)40-14-12-21(13-15-40)22-11-10-20(16-19(22)2)18-45-28-23(6-4-7-25(28)33)26-8-5-9-27(38-26)39-29(32(34,35)36)24(17-37)30(41)42/h4-11,16-17,21H,3,12-15,18,37H2,1-2H3,(H,41,42). The number of aryl methyl sites for hydroxylation is 1. The second-order valence-electron chi connectivity index (χ2n) is 10.3. The fourth-order valence-corrected chi connectivity index (χ4v) is 5.39. The van der Waals surface area contributed by atoms with Gasteiger partial charge in [0.05, 0.1) is 17.3 Å². The molecule has 9 nitrogen and oxygen atoms in total. The molecule has 3 N–H and O–H groups in total. The highest BCUT2D eigenvalue weighted by molar-refractivity contribution is 6.32. The van der Waals surface area contributed by atoms with E-state index in [1.807, 2.05) is 19.1 Å². The van der Waals surface area contributed by atoms with Crippen LogP contribution in [0, 0.1) is 6.92 Å². The van der Waals surface area contributed by atoms with E-state index in [1.54, 1.807) is 36.1 Å². The van der Waals surface area contributed by atoms with Crippen molar-refractivity contribution in [3.8, 4) is 17.0 Å². The highest BCUT2D eigenvalue weighted by Crippen LogP contribution is 2.37. The second-order valence-corrected chi connectivity index (χ2v) is 10.7. The average molecular weight is 645 g/mol. The molecule has 0 spiro atoms. The zero-order valence-corrected chi connectivity index (χ0v) is 25.4. The third-order valence-electron chi connectivity index (χ3n) is 7.30. The highest BCUT2D eigenvalue weighted by Gasteiger charge is 2.41. The minimum absolute atomic E-state index is 0.151. The Bertz CT molecular complexity index is 1620. The number of halogens is 4. The van der Waals surface area contributed by atoms with Crippen LogP contribution in [0.4, 0.5) is 23.8 Å². The van der Waals surface area contributed by atoms with Crippen molar-refractivity contribution in [1.29, 1.82) is 0 Å². The van der Waals surface area contributed by atoms with E-state index in [4.69, 9.17) is 26.8 Å². The minimum atomic E-state index is -5.10. The molecule has 0 atom stereocenters. The molecule has 13 heteroatoms. The maximum Gasteiger partial charge on any atom is 0.434 e. The van der Waals surface area contributed by atoms with E-state index in [0.29, 0.717) is 37.4 Å². The van der Waals surface area contributed by atoms with Crippen LogP contribution in [0.15, 0.2) is 71.4 Å².